The maximum atomic E-state index is 11.4. The zero-order valence-electron chi connectivity index (χ0n) is 10.6. The quantitative estimate of drug-likeness (QED) is 0.850. The van der Waals surface area contributed by atoms with Gasteiger partial charge in [-0.05, 0) is 12.5 Å². The fraction of sp³-hybridized carbons (Fsp3) is 0.357. The summed E-state index contributed by atoms with van der Waals surface area (Å²) in [4.78, 5) is 11.4. The Kier molecular flexibility index (Phi) is 4.50. The van der Waals surface area contributed by atoms with Gasteiger partial charge in [0.25, 0.3) is 0 Å². The molecule has 1 unspecified atom stereocenters. The van der Waals surface area contributed by atoms with Gasteiger partial charge < -0.3 is 14.6 Å². The Labute approximate surface area is 115 Å². The number of aliphatic hydroxyl groups is 1. The monoisotopic (exact) mass is 280 g/mol. The number of hydrogen-bond acceptors (Lipinski definition) is 4. The van der Waals surface area contributed by atoms with Crippen molar-refractivity contribution in [1.29, 1.82) is 0 Å². The van der Waals surface area contributed by atoms with Crippen molar-refractivity contribution in [3.63, 3.8) is 0 Å². The fourth-order valence-corrected chi connectivity index (χ4v) is 2.83. The number of aliphatic hydroxyl groups excluding tert-OH is 1. The van der Waals surface area contributed by atoms with E-state index in [-0.39, 0.29) is 17.4 Å². The first-order valence-corrected chi connectivity index (χ1v) is 7.14. The summed E-state index contributed by atoms with van der Waals surface area (Å²) in [6.07, 6.45) is 0.688. The highest BCUT2D eigenvalue weighted by molar-refractivity contribution is 7.99. The summed E-state index contributed by atoms with van der Waals surface area (Å²) < 4.78 is 5.62. The fourth-order valence-electron chi connectivity index (χ4n) is 1.92. The first-order chi connectivity index (χ1) is 9.13. The number of benzene rings is 1. The van der Waals surface area contributed by atoms with Crippen molar-refractivity contribution in [3.8, 4) is 0 Å². The number of carboxylic acids is 1. The van der Waals surface area contributed by atoms with Crippen molar-refractivity contribution in [3.05, 3.63) is 35.6 Å². The molecule has 1 aromatic heterocycles. The third-order valence-corrected chi connectivity index (χ3v) is 4.15. The van der Waals surface area contributed by atoms with Gasteiger partial charge in [0.05, 0.1) is 5.75 Å². The topological polar surface area (TPSA) is 70.7 Å². The van der Waals surface area contributed by atoms with Gasteiger partial charge in [0.1, 0.15) is 16.9 Å². The van der Waals surface area contributed by atoms with E-state index < -0.39 is 5.97 Å². The van der Waals surface area contributed by atoms with Crippen LogP contribution in [0.25, 0.3) is 11.0 Å². The minimum absolute atomic E-state index is 0.139. The van der Waals surface area contributed by atoms with Crippen LogP contribution in [0.2, 0.25) is 0 Å². The Morgan fingerprint density at radius 1 is 1.42 bits per heavy atom. The molecule has 0 spiro atoms. The Bertz CT molecular complexity index is 576. The maximum absolute atomic E-state index is 11.4. The number of fused-ring (bicyclic) bond motifs is 1. The SMILES string of the molecule is CC(CCO)SCc1oc2ccccc2c1C(=O)O. The van der Waals surface area contributed by atoms with Gasteiger partial charge in [-0.15, -0.1) is 0 Å². The number of carbonyl (C=O) groups is 1. The molecule has 1 aromatic carbocycles. The van der Waals surface area contributed by atoms with Gasteiger partial charge in [-0.2, -0.15) is 11.8 Å². The molecule has 0 fully saturated rings. The number of rotatable bonds is 6. The van der Waals surface area contributed by atoms with Crippen molar-refractivity contribution in [2.75, 3.05) is 6.61 Å². The lowest BCUT2D eigenvalue weighted by atomic mass is 10.1. The first-order valence-electron chi connectivity index (χ1n) is 6.09. The molecule has 2 N–H and O–H groups in total. The van der Waals surface area contributed by atoms with Crippen LogP contribution in [-0.2, 0) is 5.75 Å². The van der Waals surface area contributed by atoms with E-state index in [9.17, 15) is 9.90 Å². The lowest BCUT2D eigenvalue weighted by Crippen LogP contribution is -2.02. The molecule has 0 aliphatic rings. The molecule has 0 bridgehead atoms. The second kappa shape index (κ2) is 6.12. The van der Waals surface area contributed by atoms with Crippen molar-refractivity contribution in [2.24, 2.45) is 0 Å². The number of aromatic carboxylic acids is 1. The smallest absolute Gasteiger partial charge is 0.339 e. The molecule has 0 saturated heterocycles. The van der Waals surface area contributed by atoms with Gasteiger partial charge >= 0.3 is 5.97 Å². The van der Waals surface area contributed by atoms with Crippen LogP contribution in [0.5, 0.6) is 0 Å². The van der Waals surface area contributed by atoms with E-state index in [2.05, 4.69) is 0 Å². The van der Waals surface area contributed by atoms with Crippen LogP contribution in [-0.4, -0.2) is 28.0 Å². The molecule has 2 rings (SSSR count). The van der Waals surface area contributed by atoms with E-state index in [1.165, 1.54) is 0 Å². The number of para-hydroxylation sites is 1. The molecular formula is C14H16O4S. The molecule has 0 aliphatic carbocycles. The second-order valence-electron chi connectivity index (χ2n) is 4.34. The predicted molar refractivity (Wildman–Crippen MR) is 75.6 cm³/mol. The van der Waals surface area contributed by atoms with Crippen LogP contribution >= 0.6 is 11.8 Å². The summed E-state index contributed by atoms with van der Waals surface area (Å²) >= 11 is 1.58. The summed E-state index contributed by atoms with van der Waals surface area (Å²) in [7, 11) is 0. The lowest BCUT2D eigenvalue weighted by Gasteiger charge is -2.07. The highest BCUT2D eigenvalue weighted by Crippen LogP contribution is 2.30. The Hall–Kier alpha value is -1.46. The number of carboxylic acid groups (broad SMARTS) is 1. The Morgan fingerprint density at radius 2 is 2.16 bits per heavy atom. The van der Waals surface area contributed by atoms with E-state index in [0.717, 1.165) is 0 Å². The zero-order valence-corrected chi connectivity index (χ0v) is 11.4. The number of furan rings is 1. The summed E-state index contributed by atoms with van der Waals surface area (Å²) in [6.45, 7) is 2.14. The van der Waals surface area contributed by atoms with E-state index in [0.29, 0.717) is 28.9 Å². The van der Waals surface area contributed by atoms with Gasteiger partial charge in [-0.1, -0.05) is 25.1 Å². The molecular weight excluding hydrogens is 264 g/mol. The molecule has 0 saturated carbocycles. The van der Waals surface area contributed by atoms with Crippen LogP contribution in [0, 0.1) is 0 Å². The zero-order chi connectivity index (χ0) is 13.8. The molecule has 0 amide bonds. The van der Waals surface area contributed by atoms with Gasteiger partial charge in [0.15, 0.2) is 0 Å². The Balaban J connectivity index is 2.27. The summed E-state index contributed by atoms with van der Waals surface area (Å²) in [6, 6.07) is 7.15. The van der Waals surface area contributed by atoms with Gasteiger partial charge in [-0.25, -0.2) is 4.79 Å². The molecule has 5 heteroatoms. The molecule has 0 aliphatic heterocycles. The van der Waals surface area contributed by atoms with Crippen molar-refractivity contribution < 1.29 is 19.4 Å². The molecule has 4 nitrogen and oxygen atoms in total. The summed E-state index contributed by atoms with van der Waals surface area (Å²) in [5.41, 5.74) is 0.851. The molecule has 19 heavy (non-hydrogen) atoms. The van der Waals surface area contributed by atoms with Crippen LogP contribution < -0.4 is 0 Å². The Morgan fingerprint density at radius 3 is 2.84 bits per heavy atom. The van der Waals surface area contributed by atoms with Gasteiger partial charge in [0, 0.05) is 17.2 Å². The molecule has 2 aromatic rings. The van der Waals surface area contributed by atoms with Crippen LogP contribution in [0.15, 0.2) is 28.7 Å². The van der Waals surface area contributed by atoms with E-state index >= 15 is 0 Å². The second-order valence-corrected chi connectivity index (χ2v) is 5.76. The van der Waals surface area contributed by atoms with Crippen molar-refractivity contribution in [2.45, 2.75) is 24.3 Å². The number of thioether (sulfide) groups is 1. The standard InChI is InChI=1S/C14H16O4S/c1-9(6-7-15)19-8-12-13(14(16)17)10-4-2-3-5-11(10)18-12/h2-5,9,15H,6-8H2,1H3,(H,16,17). The summed E-state index contributed by atoms with van der Waals surface area (Å²) in [5, 5.41) is 19.1. The number of hydrogen-bond donors (Lipinski definition) is 2. The normalized spacial score (nSPS) is 12.7. The lowest BCUT2D eigenvalue weighted by molar-refractivity contribution is 0.0696. The molecule has 1 heterocycles. The summed E-state index contributed by atoms with van der Waals surface area (Å²) in [5.74, 6) is 0.0242. The third-order valence-electron chi connectivity index (χ3n) is 2.92. The third kappa shape index (κ3) is 3.11. The van der Waals surface area contributed by atoms with Crippen molar-refractivity contribution in [1.82, 2.24) is 0 Å². The van der Waals surface area contributed by atoms with E-state index in [4.69, 9.17) is 9.52 Å². The van der Waals surface area contributed by atoms with Gasteiger partial charge in [0.2, 0.25) is 0 Å². The first kappa shape index (κ1) is 14.0. The minimum Gasteiger partial charge on any atom is -0.478 e. The molecule has 0 radical (unpaired) electrons. The largest absolute Gasteiger partial charge is 0.478 e. The maximum Gasteiger partial charge on any atom is 0.339 e. The van der Waals surface area contributed by atoms with Crippen molar-refractivity contribution >= 4 is 28.7 Å². The average molecular weight is 280 g/mol. The molecule has 102 valence electrons. The van der Waals surface area contributed by atoms with Crippen LogP contribution in [0.1, 0.15) is 29.5 Å². The van der Waals surface area contributed by atoms with Crippen LogP contribution in [0.3, 0.4) is 0 Å². The van der Waals surface area contributed by atoms with Crippen LogP contribution in [0.4, 0.5) is 0 Å². The van der Waals surface area contributed by atoms with Gasteiger partial charge in [-0.3, -0.25) is 0 Å². The van der Waals surface area contributed by atoms with E-state index in [1.807, 2.05) is 13.0 Å². The highest BCUT2D eigenvalue weighted by Gasteiger charge is 2.20. The molecule has 1 atom stereocenters. The minimum atomic E-state index is -0.963. The van der Waals surface area contributed by atoms with E-state index in [1.54, 1.807) is 30.0 Å². The highest BCUT2D eigenvalue weighted by atomic mass is 32.2. The predicted octanol–water partition coefficient (Wildman–Crippen LogP) is 3.14. The average Bonchev–Trinajstić information content (AvgIpc) is 2.75.